The Hall–Kier alpha value is -1.39. The highest BCUT2D eigenvalue weighted by Gasteiger charge is 2.30. The summed E-state index contributed by atoms with van der Waals surface area (Å²) in [5.41, 5.74) is 0. The number of aliphatic carboxylic acids is 1. The highest BCUT2D eigenvalue weighted by atomic mass is 16.6. The van der Waals surface area contributed by atoms with Gasteiger partial charge in [0.15, 0.2) is 0 Å². The summed E-state index contributed by atoms with van der Waals surface area (Å²) >= 11 is 0. The molecule has 0 amide bonds. The summed E-state index contributed by atoms with van der Waals surface area (Å²) in [6, 6.07) is 0. The van der Waals surface area contributed by atoms with E-state index >= 15 is 0 Å². The first kappa shape index (κ1) is 8.70. The van der Waals surface area contributed by atoms with Crippen LogP contribution in [-0.2, 0) is 19.1 Å². The van der Waals surface area contributed by atoms with Crippen LogP contribution in [0.25, 0.3) is 0 Å². The van der Waals surface area contributed by atoms with Gasteiger partial charge in [-0.2, -0.15) is 0 Å². The molecule has 66 valence electrons. The quantitative estimate of drug-likeness (QED) is 0.466. The van der Waals surface area contributed by atoms with Crippen molar-refractivity contribution in [1.82, 2.24) is 0 Å². The van der Waals surface area contributed by atoms with Gasteiger partial charge in [0.1, 0.15) is 0 Å². The minimum absolute atomic E-state index is 0.129. The standard InChI is InChI=1S/C7H8O5/c8-5(9)3-4-1-2-6(10)12-7(4)11/h4H,1-3H2,(H,8,9). The second-order valence-corrected chi connectivity index (χ2v) is 2.63. The summed E-state index contributed by atoms with van der Waals surface area (Å²) < 4.78 is 4.26. The third kappa shape index (κ3) is 2.05. The minimum atomic E-state index is -1.05. The Balaban J connectivity index is 2.51. The van der Waals surface area contributed by atoms with Crippen molar-refractivity contribution in [2.45, 2.75) is 19.3 Å². The maximum absolute atomic E-state index is 10.8. The van der Waals surface area contributed by atoms with Gasteiger partial charge in [0.2, 0.25) is 0 Å². The monoisotopic (exact) mass is 172 g/mol. The van der Waals surface area contributed by atoms with E-state index in [-0.39, 0.29) is 19.3 Å². The molecule has 1 atom stereocenters. The summed E-state index contributed by atoms with van der Waals surface area (Å²) in [6.07, 6.45) is 0.153. The zero-order valence-corrected chi connectivity index (χ0v) is 6.28. The van der Waals surface area contributed by atoms with Gasteiger partial charge in [0.25, 0.3) is 0 Å². The van der Waals surface area contributed by atoms with Gasteiger partial charge < -0.3 is 9.84 Å². The van der Waals surface area contributed by atoms with E-state index in [0.29, 0.717) is 0 Å². The average Bonchev–Trinajstić information content (AvgIpc) is 1.94. The summed E-state index contributed by atoms with van der Waals surface area (Å²) in [5, 5.41) is 8.36. The largest absolute Gasteiger partial charge is 0.481 e. The Morgan fingerprint density at radius 3 is 2.75 bits per heavy atom. The first-order valence-corrected chi connectivity index (χ1v) is 3.56. The van der Waals surface area contributed by atoms with Crippen molar-refractivity contribution in [2.75, 3.05) is 0 Å². The summed E-state index contributed by atoms with van der Waals surface area (Å²) in [5.74, 6) is -2.98. The van der Waals surface area contributed by atoms with Crippen LogP contribution in [-0.4, -0.2) is 23.0 Å². The lowest BCUT2D eigenvalue weighted by Gasteiger charge is -2.17. The van der Waals surface area contributed by atoms with E-state index in [0.717, 1.165) is 0 Å². The second-order valence-electron chi connectivity index (χ2n) is 2.63. The maximum Gasteiger partial charge on any atom is 0.317 e. The molecule has 5 nitrogen and oxygen atoms in total. The third-order valence-electron chi connectivity index (χ3n) is 1.67. The number of carboxylic acid groups (broad SMARTS) is 1. The van der Waals surface area contributed by atoms with Crippen LogP contribution < -0.4 is 0 Å². The van der Waals surface area contributed by atoms with Gasteiger partial charge >= 0.3 is 17.9 Å². The van der Waals surface area contributed by atoms with Crippen LogP contribution in [0.4, 0.5) is 0 Å². The average molecular weight is 172 g/mol. The van der Waals surface area contributed by atoms with E-state index in [9.17, 15) is 14.4 Å². The molecule has 0 aromatic rings. The Morgan fingerprint density at radius 2 is 2.25 bits per heavy atom. The maximum atomic E-state index is 10.8. The van der Waals surface area contributed by atoms with Gasteiger partial charge in [-0.25, -0.2) is 0 Å². The normalized spacial score (nSPS) is 23.5. The SMILES string of the molecule is O=C(O)CC1CCC(=O)OC1=O. The molecule has 0 aliphatic carbocycles. The fourth-order valence-electron chi connectivity index (χ4n) is 1.05. The predicted octanol–water partition coefficient (Wildman–Crippen LogP) is -0.0591. The molecule has 1 fully saturated rings. The van der Waals surface area contributed by atoms with Crippen LogP contribution >= 0.6 is 0 Å². The first-order chi connectivity index (χ1) is 5.59. The van der Waals surface area contributed by atoms with E-state index in [1.807, 2.05) is 0 Å². The summed E-state index contributed by atoms with van der Waals surface area (Å²) in [4.78, 5) is 31.6. The molecule has 1 N–H and O–H groups in total. The highest BCUT2D eigenvalue weighted by molar-refractivity contribution is 5.91. The van der Waals surface area contributed by atoms with Gasteiger partial charge in [0.05, 0.1) is 12.3 Å². The van der Waals surface area contributed by atoms with Crippen molar-refractivity contribution >= 4 is 17.9 Å². The van der Waals surface area contributed by atoms with Gasteiger partial charge in [0, 0.05) is 6.42 Å². The number of esters is 2. The zero-order valence-electron chi connectivity index (χ0n) is 6.28. The molecule has 1 saturated heterocycles. The van der Waals surface area contributed by atoms with Crippen LogP contribution in [0.2, 0.25) is 0 Å². The molecule has 1 rings (SSSR count). The van der Waals surface area contributed by atoms with Crippen LogP contribution in [0.15, 0.2) is 0 Å². The lowest BCUT2D eigenvalue weighted by Crippen LogP contribution is -2.29. The van der Waals surface area contributed by atoms with E-state index in [1.165, 1.54) is 0 Å². The molecule has 0 bridgehead atoms. The smallest absolute Gasteiger partial charge is 0.317 e. The summed E-state index contributed by atoms with van der Waals surface area (Å²) in [7, 11) is 0. The van der Waals surface area contributed by atoms with Gasteiger partial charge in [-0.05, 0) is 6.42 Å². The van der Waals surface area contributed by atoms with Crippen molar-refractivity contribution in [1.29, 1.82) is 0 Å². The Morgan fingerprint density at radius 1 is 1.58 bits per heavy atom. The van der Waals surface area contributed by atoms with Crippen LogP contribution in [0.3, 0.4) is 0 Å². The van der Waals surface area contributed by atoms with E-state index in [1.54, 1.807) is 0 Å². The topological polar surface area (TPSA) is 80.7 Å². The molecular formula is C7H8O5. The van der Waals surface area contributed by atoms with Gasteiger partial charge in [-0.15, -0.1) is 0 Å². The molecule has 1 aliphatic heterocycles. The van der Waals surface area contributed by atoms with E-state index in [4.69, 9.17) is 5.11 Å². The van der Waals surface area contributed by atoms with Crippen LogP contribution in [0, 0.1) is 5.92 Å². The number of cyclic esters (lactones) is 2. The highest BCUT2D eigenvalue weighted by Crippen LogP contribution is 2.19. The molecule has 0 saturated carbocycles. The third-order valence-corrected chi connectivity index (χ3v) is 1.67. The van der Waals surface area contributed by atoms with Gasteiger partial charge in [-0.1, -0.05) is 0 Å². The van der Waals surface area contributed by atoms with Crippen molar-refractivity contribution < 1.29 is 24.2 Å². The van der Waals surface area contributed by atoms with Gasteiger partial charge in [-0.3, -0.25) is 14.4 Å². The Kier molecular flexibility index (Phi) is 2.42. The fourth-order valence-corrected chi connectivity index (χ4v) is 1.05. The molecule has 5 heteroatoms. The van der Waals surface area contributed by atoms with Crippen molar-refractivity contribution in [3.8, 4) is 0 Å². The first-order valence-electron chi connectivity index (χ1n) is 3.56. The molecule has 1 heterocycles. The van der Waals surface area contributed by atoms with Crippen LogP contribution in [0.1, 0.15) is 19.3 Å². The number of hydrogen-bond donors (Lipinski definition) is 1. The van der Waals surface area contributed by atoms with E-state index < -0.39 is 23.8 Å². The molecule has 0 spiro atoms. The van der Waals surface area contributed by atoms with E-state index in [2.05, 4.69) is 4.74 Å². The molecular weight excluding hydrogens is 164 g/mol. The molecule has 0 radical (unpaired) electrons. The molecule has 1 aliphatic rings. The molecule has 1 unspecified atom stereocenters. The number of ether oxygens (including phenoxy) is 1. The zero-order chi connectivity index (χ0) is 9.14. The number of rotatable bonds is 2. The Labute approximate surface area is 68.3 Å². The Bertz CT molecular complexity index is 232. The lowest BCUT2D eigenvalue weighted by molar-refractivity contribution is -0.169. The molecule has 0 aromatic heterocycles. The number of carbonyl (C=O) groups is 3. The minimum Gasteiger partial charge on any atom is -0.481 e. The predicted molar refractivity (Wildman–Crippen MR) is 36.1 cm³/mol. The second kappa shape index (κ2) is 3.34. The lowest BCUT2D eigenvalue weighted by atomic mass is 9.98. The number of carboxylic acids is 1. The fraction of sp³-hybridized carbons (Fsp3) is 0.571. The van der Waals surface area contributed by atoms with Crippen LogP contribution in [0.5, 0.6) is 0 Å². The van der Waals surface area contributed by atoms with Crippen molar-refractivity contribution in [3.05, 3.63) is 0 Å². The number of carbonyl (C=O) groups excluding carboxylic acids is 2. The molecule has 0 aromatic carbocycles. The number of hydrogen-bond acceptors (Lipinski definition) is 4. The van der Waals surface area contributed by atoms with Crippen molar-refractivity contribution in [2.24, 2.45) is 5.92 Å². The van der Waals surface area contributed by atoms with Crippen molar-refractivity contribution in [3.63, 3.8) is 0 Å². The summed E-state index contributed by atoms with van der Waals surface area (Å²) in [6.45, 7) is 0. The molecule has 12 heavy (non-hydrogen) atoms.